The second kappa shape index (κ2) is 9.11. The SMILES string of the molecule is Cc1ccccc1OC(C)C(=O)Nc1cccc(OCCC(C)C)c1. The summed E-state index contributed by atoms with van der Waals surface area (Å²) in [4.78, 5) is 12.4. The van der Waals surface area contributed by atoms with E-state index in [1.54, 1.807) is 6.92 Å². The van der Waals surface area contributed by atoms with Crippen molar-refractivity contribution in [1.29, 1.82) is 0 Å². The Morgan fingerprint density at radius 2 is 1.84 bits per heavy atom. The average molecular weight is 341 g/mol. The van der Waals surface area contributed by atoms with Crippen LogP contribution in [0.15, 0.2) is 48.5 Å². The molecule has 2 rings (SSSR count). The summed E-state index contributed by atoms with van der Waals surface area (Å²) in [5.41, 5.74) is 1.70. The third kappa shape index (κ3) is 6.14. The summed E-state index contributed by atoms with van der Waals surface area (Å²) in [5.74, 6) is 1.88. The first-order valence-electron chi connectivity index (χ1n) is 8.71. The van der Waals surface area contributed by atoms with E-state index in [1.807, 2.05) is 55.5 Å². The molecule has 2 aromatic rings. The lowest BCUT2D eigenvalue weighted by Gasteiger charge is -2.16. The van der Waals surface area contributed by atoms with Crippen molar-refractivity contribution in [3.63, 3.8) is 0 Å². The number of anilines is 1. The number of aryl methyl sites for hydroxylation is 1. The third-order valence-corrected chi connectivity index (χ3v) is 3.83. The van der Waals surface area contributed by atoms with E-state index in [0.29, 0.717) is 18.2 Å². The zero-order valence-electron chi connectivity index (χ0n) is 15.4. The summed E-state index contributed by atoms with van der Waals surface area (Å²) >= 11 is 0. The molecule has 0 saturated carbocycles. The van der Waals surface area contributed by atoms with Crippen LogP contribution < -0.4 is 14.8 Å². The van der Waals surface area contributed by atoms with Gasteiger partial charge in [-0.1, -0.05) is 38.1 Å². The Morgan fingerprint density at radius 1 is 1.08 bits per heavy atom. The second-order valence-corrected chi connectivity index (χ2v) is 6.57. The smallest absolute Gasteiger partial charge is 0.265 e. The molecule has 25 heavy (non-hydrogen) atoms. The van der Waals surface area contributed by atoms with E-state index < -0.39 is 6.10 Å². The highest BCUT2D eigenvalue weighted by Crippen LogP contribution is 2.20. The van der Waals surface area contributed by atoms with E-state index in [1.165, 1.54) is 0 Å². The third-order valence-electron chi connectivity index (χ3n) is 3.83. The monoisotopic (exact) mass is 341 g/mol. The van der Waals surface area contributed by atoms with Crippen LogP contribution in [0.25, 0.3) is 0 Å². The number of rotatable bonds is 8. The summed E-state index contributed by atoms with van der Waals surface area (Å²) in [6, 6.07) is 15.1. The van der Waals surface area contributed by atoms with Gasteiger partial charge in [-0.05, 0) is 49.9 Å². The molecule has 0 aliphatic heterocycles. The lowest BCUT2D eigenvalue weighted by molar-refractivity contribution is -0.122. The minimum Gasteiger partial charge on any atom is -0.494 e. The first-order chi connectivity index (χ1) is 12.0. The number of ether oxygens (including phenoxy) is 2. The van der Waals surface area contributed by atoms with Crippen molar-refractivity contribution in [2.75, 3.05) is 11.9 Å². The van der Waals surface area contributed by atoms with Gasteiger partial charge >= 0.3 is 0 Å². The van der Waals surface area contributed by atoms with Crippen LogP contribution in [0.5, 0.6) is 11.5 Å². The van der Waals surface area contributed by atoms with Gasteiger partial charge in [0.15, 0.2) is 6.10 Å². The summed E-state index contributed by atoms with van der Waals surface area (Å²) < 4.78 is 11.5. The second-order valence-electron chi connectivity index (χ2n) is 6.57. The lowest BCUT2D eigenvalue weighted by Crippen LogP contribution is -2.30. The Labute approximate surface area is 150 Å². The minimum absolute atomic E-state index is 0.192. The quantitative estimate of drug-likeness (QED) is 0.748. The van der Waals surface area contributed by atoms with Crippen LogP contribution in [-0.4, -0.2) is 18.6 Å². The summed E-state index contributed by atoms with van der Waals surface area (Å²) in [7, 11) is 0. The van der Waals surface area contributed by atoms with Gasteiger partial charge in [0.1, 0.15) is 11.5 Å². The topological polar surface area (TPSA) is 47.6 Å². The van der Waals surface area contributed by atoms with E-state index in [9.17, 15) is 4.79 Å². The van der Waals surface area contributed by atoms with Gasteiger partial charge in [0.05, 0.1) is 6.61 Å². The van der Waals surface area contributed by atoms with Crippen LogP contribution in [0.3, 0.4) is 0 Å². The fourth-order valence-corrected chi connectivity index (χ4v) is 2.25. The molecule has 4 nitrogen and oxygen atoms in total. The molecule has 0 saturated heterocycles. The van der Waals surface area contributed by atoms with Crippen LogP contribution in [0, 0.1) is 12.8 Å². The fourth-order valence-electron chi connectivity index (χ4n) is 2.25. The first kappa shape index (κ1) is 18.8. The molecule has 0 aliphatic rings. The maximum Gasteiger partial charge on any atom is 0.265 e. The number of para-hydroxylation sites is 1. The molecule has 0 radical (unpaired) electrons. The zero-order chi connectivity index (χ0) is 18.2. The number of hydrogen-bond acceptors (Lipinski definition) is 3. The van der Waals surface area contributed by atoms with Gasteiger partial charge in [-0.15, -0.1) is 0 Å². The van der Waals surface area contributed by atoms with E-state index in [2.05, 4.69) is 19.2 Å². The molecule has 0 bridgehead atoms. The summed E-state index contributed by atoms with van der Waals surface area (Å²) in [5, 5.41) is 2.88. The molecule has 2 aromatic carbocycles. The van der Waals surface area contributed by atoms with Gasteiger partial charge in [-0.25, -0.2) is 0 Å². The number of benzene rings is 2. The van der Waals surface area contributed by atoms with Crippen LogP contribution in [0.4, 0.5) is 5.69 Å². The number of carbonyl (C=O) groups excluding carboxylic acids is 1. The Bertz CT molecular complexity index is 697. The van der Waals surface area contributed by atoms with E-state index >= 15 is 0 Å². The van der Waals surface area contributed by atoms with Crippen LogP contribution in [0.1, 0.15) is 32.8 Å². The van der Waals surface area contributed by atoms with Gasteiger partial charge in [0, 0.05) is 11.8 Å². The highest BCUT2D eigenvalue weighted by Gasteiger charge is 2.16. The fraction of sp³-hybridized carbons (Fsp3) is 0.381. The lowest BCUT2D eigenvalue weighted by atomic mass is 10.1. The molecular formula is C21H27NO3. The molecule has 1 unspecified atom stereocenters. The van der Waals surface area contributed by atoms with Gasteiger partial charge in [0.2, 0.25) is 0 Å². The average Bonchev–Trinajstić information content (AvgIpc) is 2.57. The van der Waals surface area contributed by atoms with Gasteiger partial charge in [0.25, 0.3) is 5.91 Å². The van der Waals surface area contributed by atoms with Crippen molar-refractivity contribution in [1.82, 2.24) is 0 Å². The van der Waals surface area contributed by atoms with Crippen LogP contribution in [-0.2, 0) is 4.79 Å². The predicted molar refractivity (Wildman–Crippen MR) is 101 cm³/mol. The number of nitrogens with one attached hydrogen (secondary N) is 1. The largest absolute Gasteiger partial charge is 0.494 e. The van der Waals surface area contributed by atoms with E-state index in [-0.39, 0.29) is 5.91 Å². The molecule has 0 aliphatic carbocycles. The predicted octanol–water partition coefficient (Wildman–Crippen LogP) is 4.83. The first-order valence-corrected chi connectivity index (χ1v) is 8.71. The molecule has 134 valence electrons. The highest BCUT2D eigenvalue weighted by atomic mass is 16.5. The normalized spacial score (nSPS) is 11.9. The maximum absolute atomic E-state index is 12.4. The van der Waals surface area contributed by atoms with Crippen molar-refractivity contribution in [3.8, 4) is 11.5 Å². The summed E-state index contributed by atoms with van der Waals surface area (Å²) in [6.45, 7) is 8.69. The Morgan fingerprint density at radius 3 is 2.56 bits per heavy atom. The Balaban J connectivity index is 1.92. The van der Waals surface area contributed by atoms with Crippen molar-refractivity contribution in [3.05, 3.63) is 54.1 Å². The van der Waals surface area contributed by atoms with E-state index in [4.69, 9.17) is 9.47 Å². The standard InChI is InChI=1S/C21H27NO3/c1-15(2)12-13-24-19-10-7-9-18(14-19)22-21(23)17(4)25-20-11-6-5-8-16(20)3/h5-11,14-15,17H,12-13H2,1-4H3,(H,22,23). The van der Waals surface area contributed by atoms with Crippen molar-refractivity contribution >= 4 is 11.6 Å². The van der Waals surface area contributed by atoms with Crippen LogP contribution in [0.2, 0.25) is 0 Å². The maximum atomic E-state index is 12.4. The number of carbonyl (C=O) groups is 1. The number of amides is 1. The molecular weight excluding hydrogens is 314 g/mol. The molecule has 0 aromatic heterocycles. The summed E-state index contributed by atoms with van der Waals surface area (Å²) in [6.07, 6.45) is 0.407. The Kier molecular flexibility index (Phi) is 6.87. The van der Waals surface area contributed by atoms with Crippen molar-refractivity contribution in [2.24, 2.45) is 5.92 Å². The van der Waals surface area contributed by atoms with Gasteiger partial charge in [-0.3, -0.25) is 4.79 Å². The minimum atomic E-state index is -0.591. The molecule has 0 fully saturated rings. The van der Waals surface area contributed by atoms with Gasteiger partial charge in [-0.2, -0.15) is 0 Å². The van der Waals surface area contributed by atoms with Gasteiger partial charge < -0.3 is 14.8 Å². The molecule has 1 atom stereocenters. The highest BCUT2D eigenvalue weighted by molar-refractivity contribution is 5.94. The molecule has 1 amide bonds. The van der Waals surface area contributed by atoms with Crippen molar-refractivity contribution < 1.29 is 14.3 Å². The van der Waals surface area contributed by atoms with E-state index in [0.717, 1.165) is 23.5 Å². The zero-order valence-corrected chi connectivity index (χ0v) is 15.4. The van der Waals surface area contributed by atoms with Crippen molar-refractivity contribution in [2.45, 2.75) is 40.2 Å². The number of hydrogen-bond donors (Lipinski definition) is 1. The molecule has 4 heteroatoms. The molecule has 1 N–H and O–H groups in total. The Hall–Kier alpha value is -2.49. The van der Waals surface area contributed by atoms with Crippen LogP contribution >= 0.6 is 0 Å². The molecule has 0 spiro atoms. The molecule has 0 heterocycles.